The van der Waals surface area contributed by atoms with Gasteiger partial charge in [-0.25, -0.2) is 0 Å². The molecule has 2 rings (SSSR count). The van der Waals surface area contributed by atoms with Crippen molar-refractivity contribution in [3.8, 4) is 11.4 Å². The predicted molar refractivity (Wildman–Crippen MR) is 64.9 cm³/mol. The molecule has 0 aliphatic rings. The van der Waals surface area contributed by atoms with Gasteiger partial charge in [-0.2, -0.15) is 0 Å². The fourth-order valence-corrected chi connectivity index (χ4v) is 1.73. The summed E-state index contributed by atoms with van der Waals surface area (Å²) in [4.78, 5) is 0. The first-order valence-corrected chi connectivity index (χ1v) is 5.46. The first-order chi connectivity index (χ1) is 7.72. The summed E-state index contributed by atoms with van der Waals surface area (Å²) < 4.78 is 2.03. The summed E-state index contributed by atoms with van der Waals surface area (Å²) in [6.07, 6.45) is 2.80. The van der Waals surface area contributed by atoms with Crippen molar-refractivity contribution in [2.45, 2.75) is 26.8 Å². The maximum Gasteiger partial charge on any atom is 0.165 e. The second-order valence-electron chi connectivity index (χ2n) is 3.94. The van der Waals surface area contributed by atoms with E-state index in [1.807, 2.05) is 29.7 Å². The van der Waals surface area contributed by atoms with Gasteiger partial charge in [-0.1, -0.05) is 18.6 Å². The average molecular weight is 216 g/mol. The topological polar surface area (TPSA) is 56.7 Å². The highest BCUT2D eigenvalue weighted by molar-refractivity contribution is 5.72. The number of hydrogen-bond donors (Lipinski definition) is 1. The molecule has 0 spiro atoms. The molecule has 0 aliphatic carbocycles. The van der Waals surface area contributed by atoms with Crippen LogP contribution in [-0.4, -0.2) is 14.8 Å². The Kier molecular flexibility index (Phi) is 2.90. The lowest BCUT2D eigenvalue weighted by atomic mass is 10.1. The zero-order chi connectivity index (χ0) is 11.5. The van der Waals surface area contributed by atoms with Gasteiger partial charge < -0.3 is 10.3 Å². The van der Waals surface area contributed by atoms with Crippen molar-refractivity contribution in [1.29, 1.82) is 0 Å². The Morgan fingerprint density at radius 1 is 1.38 bits per heavy atom. The fraction of sp³-hybridized carbons (Fsp3) is 0.333. The Bertz CT molecular complexity index is 488. The van der Waals surface area contributed by atoms with Crippen LogP contribution in [-0.2, 0) is 6.54 Å². The molecule has 1 aromatic heterocycles. The van der Waals surface area contributed by atoms with E-state index >= 15 is 0 Å². The van der Waals surface area contributed by atoms with Gasteiger partial charge in [0, 0.05) is 17.8 Å². The molecular weight excluding hydrogens is 200 g/mol. The van der Waals surface area contributed by atoms with E-state index in [0.29, 0.717) is 0 Å². The van der Waals surface area contributed by atoms with Crippen molar-refractivity contribution in [3.05, 3.63) is 30.1 Å². The largest absolute Gasteiger partial charge is 0.398 e. The zero-order valence-electron chi connectivity index (χ0n) is 9.64. The lowest BCUT2D eigenvalue weighted by molar-refractivity contribution is 0.683. The number of nitrogens with zero attached hydrogens (tertiary/aromatic N) is 3. The van der Waals surface area contributed by atoms with Crippen molar-refractivity contribution in [1.82, 2.24) is 14.8 Å². The molecule has 0 unspecified atom stereocenters. The highest BCUT2D eigenvalue weighted by atomic mass is 15.3. The molecular formula is C12H16N4. The molecule has 0 atom stereocenters. The van der Waals surface area contributed by atoms with Gasteiger partial charge in [0.05, 0.1) is 0 Å². The Labute approximate surface area is 95.1 Å². The summed E-state index contributed by atoms with van der Waals surface area (Å²) in [5.41, 5.74) is 8.85. The van der Waals surface area contributed by atoms with Crippen molar-refractivity contribution in [2.75, 3.05) is 5.73 Å². The molecule has 0 saturated heterocycles. The molecule has 4 nitrogen and oxygen atoms in total. The number of hydrogen-bond acceptors (Lipinski definition) is 3. The first kappa shape index (κ1) is 10.7. The maximum absolute atomic E-state index is 5.96. The van der Waals surface area contributed by atoms with E-state index < -0.39 is 0 Å². The molecule has 0 saturated carbocycles. The minimum Gasteiger partial charge on any atom is -0.398 e. The molecule has 1 aromatic carbocycles. The smallest absolute Gasteiger partial charge is 0.165 e. The Balaban J connectivity index is 2.49. The molecule has 0 bridgehead atoms. The van der Waals surface area contributed by atoms with Crippen LogP contribution in [0.5, 0.6) is 0 Å². The highest BCUT2D eigenvalue weighted by Gasteiger charge is 2.09. The van der Waals surface area contributed by atoms with Crippen LogP contribution in [0.3, 0.4) is 0 Å². The van der Waals surface area contributed by atoms with Gasteiger partial charge in [-0.05, 0) is 25.5 Å². The Morgan fingerprint density at radius 3 is 2.94 bits per heavy atom. The van der Waals surface area contributed by atoms with Crippen molar-refractivity contribution >= 4 is 5.69 Å². The van der Waals surface area contributed by atoms with Gasteiger partial charge >= 0.3 is 0 Å². The molecule has 4 heteroatoms. The maximum atomic E-state index is 5.96. The lowest BCUT2D eigenvalue weighted by Gasteiger charge is -2.08. The van der Waals surface area contributed by atoms with Crippen LogP contribution in [0, 0.1) is 6.92 Å². The van der Waals surface area contributed by atoms with E-state index in [1.165, 1.54) is 5.56 Å². The Hall–Kier alpha value is -1.84. The molecule has 0 aliphatic heterocycles. The summed E-state index contributed by atoms with van der Waals surface area (Å²) in [5.74, 6) is 0.850. The van der Waals surface area contributed by atoms with E-state index in [9.17, 15) is 0 Å². The monoisotopic (exact) mass is 216 g/mol. The third kappa shape index (κ3) is 1.91. The number of aromatic nitrogens is 3. The van der Waals surface area contributed by atoms with Crippen molar-refractivity contribution in [3.63, 3.8) is 0 Å². The number of rotatable bonds is 3. The van der Waals surface area contributed by atoms with Gasteiger partial charge in [-0.3, -0.25) is 0 Å². The zero-order valence-corrected chi connectivity index (χ0v) is 9.64. The van der Waals surface area contributed by atoms with Gasteiger partial charge in [-0.15, -0.1) is 10.2 Å². The first-order valence-electron chi connectivity index (χ1n) is 5.46. The summed E-state index contributed by atoms with van der Waals surface area (Å²) in [7, 11) is 0. The quantitative estimate of drug-likeness (QED) is 0.800. The van der Waals surface area contributed by atoms with E-state index in [-0.39, 0.29) is 0 Å². The summed E-state index contributed by atoms with van der Waals surface area (Å²) in [6.45, 7) is 5.09. The summed E-state index contributed by atoms with van der Waals surface area (Å²) in [6, 6.07) is 5.96. The van der Waals surface area contributed by atoms with Crippen LogP contribution < -0.4 is 5.73 Å². The molecule has 16 heavy (non-hydrogen) atoms. The van der Waals surface area contributed by atoms with Gasteiger partial charge in [0.2, 0.25) is 0 Å². The molecule has 2 N–H and O–H groups in total. The fourth-order valence-electron chi connectivity index (χ4n) is 1.73. The van der Waals surface area contributed by atoms with Crippen LogP contribution in [0.25, 0.3) is 11.4 Å². The molecule has 1 heterocycles. The molecule has 2 aromatic rings. The third-order valence-corrected chi connectivity index (χ3v) is 2.53. The molecule has 0 fully saturated rings. The average Bonchev–Trinajstić information content (AvgIpc) is 2.70. The normalized spacial score (nSPS) is 10.6. The van der Waals surface area contributed by atoms with Crippen molar-refractivity contribution in [2.24, 2.45) is 0 Å². The van der Waals surface area contributed by atoms with Gasteiger partial charge in [0.1, 0.15) is 6.33 Å². The second-order valence-corrected chi connectivity index (χ2v) is 3.94. The van der Waals surface area contributed by atoms with Crippen LogP contribution in [0.1, 0.15) is 18.9 Å². The minimum absolute atomic E-state index is 0.746. The lowest BCUT2D eigenvalue weighted by Crippen LogP contribution is -2.01. The van der Waals surface area contributed by atoms with Gasteiger partial charge in [0.25, 0.3) is 0 Å². The third-order valence-electron chi connectivity index (χ3n) is 2.53. The Morgan fingerprint density at radius 2 is 2.19 bits per heavy atom. The van der Waals surface area contributed by atoms with Crippen LogP contribution >= 0.6 is 0 Å². The van der Waals surface area contributed by atoms with Crippen LogP contribution in [0.2, 0.25) is 0 Å². The number of aryl methyl sites for hydroxylation is 2. The summed E-state index contributed by atoms with van der Waals surface area (Å²) >= 11 is 0. The van der Waals surface area contributed by atoms with E-state index in [1.54, 1.807) is 6.33 Å². The van der Waals surface area contributed by atoms with Crippen LogP contribution in [0.15, 0.2) is 24.5 Å². The second kappa shape index (κ2) is 4.35. The van der Waals surface area contributed by atoms with E-state index in [2.05, 4.69) is 17.1 Å². The number of benzene rings is 1. The molecule has 0 radical (unpaired) electrons. The summed E-state index contributed by atoms with van der Waals surface area (Å²) in [5, 5.41) is 8.09. The van der Waals surface area contributed by atoms with Crippen LogP contribution in [0.4, 0.5) is 5.69 Å². The molecule has 84 valence electrons. The van der Waals surface area contributed by atoms with Crippen molar-refractivity contribution < 1.29 is 0 Å². The predicted octanol–water partition coefficient (Wildman–Crippen LogP) is 2.25. The number of anilines is 1. The molecule has 0 amide bonds. The highest BCUT2D eigenvalue weighted by Crippen LogP contribution is 2.25. The number of nitrogen functional groups attached to an aromatic ring is 1. The van der Waals surface area contributed by atoms with Gasteiger partial charge in [0.15, 0.2) is 5.82 Å². The van der Waals surface area contributed by atoms with E-state index in [4.69, 9.17) is 5.73 Å². The standard InChI is InChI=1S/C12H16N4/c1-3-6-16-8-14-15-12(16)10-7-9(2)4-5-11(10)13/h4-5,7-8H,3,6,13H2,1-2H3. The van der Waals surface area contributed by atoms with E-state index in [0.717, 1.165) is 30.0 Å². The minimum atomic E-state index is 0.746. The SMILES string of the molecule is CCCn1cnnc1-c1cc(C)ccc1N. The number of nitrogens with two attached hydrogens (primary N) is 1.